The Kier molecular flexibility index (Phi) is 4.50. The first-order valence-corrected chi connectivity index (χ1v) is 6.78. The lowest BCUT2D eigenvalue weighted by molar-refractivity contribution is -0.385. The van der Waals surface area contributed by atoms with Gasteiger partial charge in [-0.1, -0.05) is 30.3 Å². The molecule has 0 fully saturated rings. The quantitative estimate of drug-likeness (QED) is 0.474. The average molecular weight is 342 g/mol. The molecule has 0 bridgehead atoms. The fourth-order valence-electron chi connectivity index (χ4n) is 1.66. The van der Waals surface area contributed by atoms with Gasteiger partial charge in [0.1, 0.15) is 6.20 Å². The molecule has 1 aromatic heterocycles. The van der Waals surface area contributed by atoms with Gasteiger partial charge in [0.2, 0.25) is 0 Å². The van der Waals surface area contributed by atoms with Crippen molar-refractivity contribution in [2.75, 3.05) is 0 Å². The third kappa shape index (κ3) is 3.52. The van der Waals surface area contributed by atoms with E-state index in [1.807, 2.05) is 30.3 Å². The molecule has 1 aromatic carbocycles. The van der Waals surface area contributed by atoms with Gasteiger partial charge in [0.05, 0.1) is 16.0 Å². The SMILES string of the molecule is O=[N+]([O-])c1cnc(CC(Cl)c2ccccc2)c(Br)c1. The third-order valence-corrected chi connectivity index (χ3v) is 3.74. The van der Waals surface area contributed by atoms with Crippen LogP contribution in [-0.2, 0) is 6.42 Å². The van der Waals surface area contributed by atoms with Crippen molar-refractivity contribution in [2.45, 2.75) is 11.8 Å². The van der Waals surface area contributed by atoms with Gasteiger partial charge in [-0.15, -0.1) is 11.6 Å². The minimum atomic E-state index is -0.475. The van der Waals surface area contributed by atoms with Crippen LogP contribution in [0.15, 0.2) is 47.1 Å². The Balaban J connectivity index is 2.18. The number of nitro groups is 1. The second-order valence-electron chi connectivity index (χ2n) is 3.96. The van der Waals surface area contributed by atoms with Crippen LogP contribution in [-0.4, -0.2) is 9.91 Å². The fraction of sp³-hybridized carbons (Fsp3) is 0.154. The molecule has 2 aromatic rings. The van der Waals surface area contributed by atoms with Crippen LogP contribution in [0.4, 0.5) is 5.69 Å². The molecule has 2 rings (SSSR count). The molecule has 4 nitrogen and oxygen atoms in total. The maximum absolute atomic E-state index is 10.6. The molecular formula is C13H10BrClN2O2. The molecule has 98 valence electrons. The molecule has 0 spiro atoms. The Bertz CT molecular complexity index is 592. The van der Waals surface area contributed by atoms with Crippen LogP contribution >= 0.6 is 27.5 Å². The monoisotopic (exact) mass is 340 g/mol. The number of alkyl halides is 1. The van der Waals surface area contributed by atoms with E-state index in [9.17, 15) is 10.1 Å². The number of benzene rings is 1. The maximum atomic E-state index is 10.6. The number of hydrogen-bond donors (Lipinski definition) is 0. The summed E-state index contributed by atoms with van der Waals surface area (Å²) in [7, 11) is 0. The molecule has 1 atom stereocenters. The van der Waals surface area contributed by atoms with E-state index in [1.165, 1.54) is 12.3 Å². The van der Waals surface area contributed by atoms with E-state index in [-0.39, 0.29) is 11.1 Å². The predicted molar refractivity (Wildman–Crippen MR) is 77.3 cm³/mol. The van der Waals surface area contributed by atoms with Gasteiger partial charge in [0.25, 0.3) is 5.69 Å². The highest BCUT2D eigenvalue weighted by molar-refractivity contribution is 9.10. The van der Waals surface area contributed by atoms with E-state index < -0.39 is 4.92 Å². The summed E-state index contributed by atoms with van der Waals surface area (Å²) in [6.45, 7) is 0. The van der Waals surface area contributed by atoms with Crippen LogP contribution in [0.2, 0.25) is 0 Å². The molecule has 0 aliphatic rings. The van der Waals surface area contributed by atoms with Gasteiger partial charge in [0, 0.05) is 17.0 Å². The standard InChI is InChI=1S/C13H10BrClN2O2/c14-11-6-10(17(18)19)8-16-13(11)7-12(15)9-4-2-1-3-5-9/h1-6,8,12H,7H2. The van der Waals surface area contributed by atoms with E-state index in [2.05, 4.69) is 20.9 Å². The highest BCUT2D eigenvalue weighted by Gasteiger charge is 2.15. The molecule has 19 heavy (non-hydrogen) atoms. The molecule has 0 aliphatic carbocycles. The van der Waals surface area contributed by atoms with Crippen LogP contribution in [0.3, 0.4) is 0 Å². The second kappa shape index (κ2) is 6.12. The molecule has 6 heteroatoms. The minimum absolute atomic E-state index is 0.0403. The van der Waals surface area contributed by atoms with Crippen molar-refractivity contribution >= 4 is 33.2 Å². The molecule has 0 N–H and O–H groups in total. The summed E-state index contributed by atoms with van der Waals surface area (Å²) >= 11 is 9.61. The molecule has 0 saturated carbocycles. The topological polar surface area (TPSA) is 56.0 Å². The summed E-state index contributed by atoms with van der Waals surface area (Å²) in [4.78, 5) is 14.2. The van der Waals surface area contributed by atoms with Crippen molar-refractivity contribution in [3.63, 3.8) is 0 Å². The predicted octanol–water partition coefficient (Wildman–Crippen LogP) is 4.27. The van der Waals surface area contributed by atoms with Gasteiger partial charge in [-0.3, -0.25) is 15.1 Å². The molecule has 0 saturated heterocycles. The summed E-state index contributed by atoms with van der Waals surface area (Å²) in [5.41, 5.74) is 1.66. The van der Waals surface area contributed by atoms with Gasteiger partial charge in [-0.25, -0.2) is 0 Å². The Morgan fingerprint density at radius 3 is 2.63 bits per heavy atom. The normalized spacial score (nSPS) is 12.1. The molecular weight excluding hydrogens is 332 g/mol. The Hall–Kier alpha value is -1.46. The van der Waals surface area contributed by atoms with Crippen molar-refractivity contribution in [1.29, 1.82) is 0 Å². The lowest BCUT2D eigenvalue weighted by atomic mass is 10.1. The van der Waals surface area contributed by atoms with Crippen molar-refractivity contribution in [2.24, 2.45) is 0 Å². The van der Waals surface area contributed by atoms with Crippen LogP contribution in [0.25, 0.3) is 0 Å². The van der Waals surface area contributed by atoms with Gasteiger partial charge in [-0.2, -0.15) is 0 Å². The number of hydrogen-bond acceptors (Lipinski definition) is 3. The molecule has 0 radical (unpaired) electrons. The lowest BCUT2D eigenvalue weighted by Gasteiger charge is -2.10. The van der Waals surface area contributed by atoms with E-state index in [4.69, 9.17) is 11.6 Å². The zero-order valence-corrected chi connectivity index (χ0v) is 12.1. The molecule has 0 amide bonds. The summed E-state index contributed by atoms with van der Waals surface area (Å²) in [6, 6.07) is 11.1. The highest BCUT2D eigenvalue weighted by Crippen LogP contribution is 2.28. The summed E-state index contributed by atoms with van der Waals surface area (Å²) in [6.07, 6.45) is 1.75. The molecule has 1 heterocycles. The van der Waals surface area contributed by atoms with E-state index in [1.54, 1.807) is 0 Å². The summed E-state index contributed by atoms with van der Waals surface area (Å²) in [5, 5.41) is 10.4. The van der Waals surface area contributed by atoms with Crippen molar-refractivity contribution in [1.82, 2.24) is 4.98 Å². The Morgan fingerprint density at radius 1 is 1.37 bits per heavy atom. The summed E-state index contributed by atoms with van der Waals surface area (Å²) < 4.78 is 0.600. The van der Waals surface area contributed by atoms with Crippen molar-refractivity contribution < 1.29 is 4.92 Å². The van der Waals surface area contributed by atoms with Gasteiger partial charge in [-0.05, 0) is 21.5 Å². The maximum Gasteiger partial charge on any atom is 0.288 e. The highest BCUT2D eigenvalue weighted by atomic mass is 79.9. The Labute approximate surface area is 123 Å². The average Bonchev–Trinajstić information content (AvgIpc) is 2.41. The molecule has 1 unspecified atom stereocenters. The lowest BCUT2D eigenvalue weighted by Crippen LogP contribution is -2.00. The zero-order chi connectivity index (χ0) is 13.8. The first-order valence-electron chi connectivity index (χ1n) is 5.55. The largest absolute Gasteiger partial charge is 0.288 e. The van der Waals surface area contributed by atoms with Gasteiger partial charge in [0.15, 0.2) is 0 Å². The number of halogens is 2. The second-order valence-corrected chi connectivity index (χ2v) is 5.34. The van der Waals surface area contributed by atoms with Crippen LogP contribution in [0.5, 0.6) is 0 Å². The van der Waals surface area contributed by atoms with Crippen LogP contribution in [0, 0.1) is 10.1 Å². The number of nitrogens with zero attached hydrogens (tertiary/aromatic N) is 2. The smallest absolute Gasteiger partial charge is 0.258 e. The number of rotatable bonds is 4. The first-order chi connectivity index (χ1) is 9.08. The molecule has 0 aliphatic heterocycles. The zero-order valence-electron chi connectivity index (χ0n) is 9.79. The first kappa shape index (κ1) is 14.0. The number of pyridine rings is 1. The van der Waals surface area contributed by atoms with Crippen molar-refractivity contribution in [3.05, 3.63) is 68.4 Å². The number of aromatic nitrogens is 1. The van der Waals surface area contributed by atoms with E-state index in [0.717, 1.165) is 5.56 Å². The van der Waals surface area contributed by atoms with Crippen molar-refractivity contribution in [3.8, 4) is 0 Å². The van der Waals surface area contributed by atoms with Crippen LogP contribution < -0.4 is 0 Å². The van der Waals surface area contributed by atoms with Gasteiger partial charge >= 0.3 is 0 Å². The fourth-order valence-corrected chi connectivity index (χ4v) is 2.45. The van der Waals surface area contributed by atoms with Crippen LogP contribution in [0.1, 0.15) is 16.6 Å². The minimum Gasteiger partial charge on any atom is -0.258 e. The van der Waals surface area contributed by atoms with E-state index in [0.29, 0.717) is 16.6 Å². The Morgan fingerprint density at radius 2 is 2.05 bits per heavy atom. The van der Waals surface area contributed by atoms with E-state index >= 15 is 0 Å². The van der Waals surface area contributed by atoms with Gasteiger partial charge < -0.3 is 0 Å². The summed E-state index contributed by atoms with van der Waals surface area (Å²) in [5.74, 6) is 0. The third-order valence-electron chi connectivity index (χ3n) is 2.65.